The van der Waals surface area contributed by atoms with E-state index in [1.807, 2.05) is 20.8 Å². The Labute approximate surface area is 110 Å². The van der Waals surface area contributed by atoms with E-state index in [4.69, 9.17) is 10.5 Å². The van der Waals surface area contributed by atoms with E-state index in [9.17, 15) is 4.79 Å². The topological polar surface area (TPSA) is 64.3 Å². The molecule has 0 bridgehead atoms. The molecule has 1 amide bonds. The summed E-state index contributed by atoms with van der Waals surface area (Å²) in [6, 6.07) is 0.435. The summed E-state index contributed by atoms with van der Waals surface area (Å²) in [4.78, 5) is 11.9. The van der Waals surface area contributed by atoms with Gasteiger partial charge in [0, 0.05) is 17.5 Å². The van der Waals surface area contributed by atoms with Crippen molar-refractivity contribution in [3.05, 3.63) is 0 Å². The Bertz CT molecular complexity index is 320. The van der Waals surface area contributed by atoms with Gasteiger partial charge in [0.05, 0.1) is 0 Å². The summed E-state index contributed by atoms with van der Waals surface area (Å²) < 4.78 is 5.35. The lowest BCUT2D eigenvalue weighted by atomic mass is 9.78. The maximum atomic E-state index is 11.9. The van der Waals surface area contributed by atoms with Crippen molar-refractivity contribution in [2.45, 2.75) is 77.0 Å². The molecule has 3 atom stereocenters. The quantitative estimate of drug-likeness (QED) is 0.756. The second-order valence-corrected chi connectivity index (χ2v) is 6.82. The van der Waals surface area contributed by atoms with Crippen LogP contribution in [0.1, 0.15) is 59.3 Å². The lowest BCUT2D eigenvalue weighted by Gasteiger charge is -2.36. The number of nitrogens with two attached hydrogens (primary N) is 1. The first-order valence-corrected chi connectivity index (χ1v) is 7.09. The summed E-state index contributed by atoms with van der Waals surface area (Å²) in [7, 11) is 0. The Morgan fingerprint density at radius 1 is 1.28 bits per heavy atom. The third-order valence-electron chi connectivity index (χ3n) is 4.42. The molecular formula is C14H26N2O2. The summed E-state index contributed by atoms with van der Waals surface area (Å²) in [5, 5.41) is 3.06. The highest BCUT2D eigenvalue weighted by molar-refractivity contribution is 5.68. The Balaban J connectivity index is 1.98. The minimum atomic E-state index is -0.437. The molecule has 3 N–H and O–H groups in total. The lowest BCUT2D eigenvalue weighted by Crippen LogP contribution is -2.51. The number of rotatable bonds is 1. The fourth-order valence-corrected chi connectivity index (χ4v) is 3.63. The molecule has 4 heteroatoms. The largest absolute Gasteiger partial charge is 0.444 e. The first kappa shape index (κ1) is 13.7. The molecule has 2 fully saturated rings. The predicted octanol–water partition coefficient (Wildman–Crippen LogP) is 2.56. The van der Waals surface area contributed by atoms with Gasteiger partial charge >= 0.3 is 6.09 Å². The summed E-state index contributed by atoms with van der Waals surface area (Å²) in [6.07, 6.45) is 6.47. The Morgan fingerprint density at radius 3 is 2.39 bits per heavy atom. The first-order valence-electron chi connectivity index (χ1n) is 7.09. The molecule has 0 unspecified atom stereocenters. The third-order valence-corrected chi connectivity index (χ3v) is 4.42. The van der Waals surface area contributed by atoms with Gasteiger partial charge in [-0.25, -0.2) is 4.79 Å². The van der Waals surface area contributed by atoms with Crippen LogP contribution in [0.2, 0.25) is 0 Å². The van der Waals surface area contributed by atoms with Gasteiger partial charge in [-0.1, -0.05) is 12.8 Å². The van der Waals surface area contributed by atoms with E-state index in [1.54, 1.807) is 0 Å². The molecule has 2 aliphatic rings. The molecule has 0 aromatic carbocycles. The summed E-state index contributed by atoms with van der Waals surface area (Å²) in [5.41, 5.74) is 5.98. The van der Waals surface area contributed by atoms with E-state index in [0.29, 0.717) is 0 Å². The molecule has 18 heavy (non-hydrogen) atoms. The zero-order valence-electron chi connectivity index (χ0n) is 11.8. The minimum absolute atomic E-state index is 0.136. The zero-order chi connectivity index (χ0) is 13.4. The number of carbonyl (C=O) groups excluding carboxylic acids is 1. The molecule has 4 nitrogen and oxygen atoms in total. The van der Waals surface area contributed by atoms with Gasteiger partial charge in [0.25, 0.3) is 0 Å². The molecular weight excluding hydrogens is 228 g/mol. The monoisotopic (exact) mass is 254 g/mol. The van der Waals surface area contributed by atoms with E-state index in [2.05, 4.69) is 5.32 Å². The normalized spacial score (nSPS) is 36.0. The molecule has 2 rings (SSSR count). The molecule has 0 saturated heterocycles. The van der Waals surface area contributed by atoms with Gasteiger partial charge in [0.15, 0.2) is 0 Å². The lowest BCUT2D eigenvalue weighted by molar-refractivity contribution is 0.0454. The average molecular weight is 254 g/mol. The molecule has 2 saturated carbocycles. The second kappa shape index (κ2) is 4.72. The van der Waals surface area contributed by atoms with Crippen molar-refractivity contribution in [1.29, 1.82) is 0 Å². The van der Waals surface area contributed by atoms with Gasteiger partial charge in [0.2, 0.25) is 0 Å². The summed E-state index contributed by atoms with van der Waals surface area (Å²) in [5.74, 6) is 0. The first-order chi connectivity index (χ1) is 8.33. The van der Waals surface area contributed by atoms with Gasteiger partial charge in [-0.05, 0) is 46.5 Å². The van der Waals surface area contributed by atoms with E-state index in [-0.39, 0.29) is 23.6 Å². The van der Waals surface area contributed by atoms with E-state index in [0.717, 1.165) is 32.1 Å². The number of alkyl carbamates (subject to hydrolysis) is 1. The molecule has 0 aromatic rings. The van der Waals surface area contributed by atoms with Gasteiger partial charge in [-0.3, -0.25) is 0 Å². The van der Waals surface area contributed by atoms with Crippen molar-refractivity contribution in [2.75, 3.05) is 0 Å². The number of hydrogen-bond donors (Lipinski definition) is 2. The third kappa shape index (κ3) is 2.63. The van der Waals surface area contributed by atoms with Gasteiger partial charge < -0.3 is 15.8 Å². The fourth-order valence-electron chi connectivity index (χ4n) is 3.63. The highest BCUT2D eigenvalue weighted by Gasteiger charge is 2.50. The Hall–Kier alpha value is -0.770. The van der Waals surface area contributed by atoms with Crippen molar-refractivity contribution >= 4 is 6.09 Å². The summed E-state index contributed by atoms with van der Waals surface area (Å²) >= 11 is 0. The molecule has 0 heterocycles. The SMILES string of the molecule is CC(C)(C)OC(=O)N[C@H]1CCC[C@]12CCC[C@@H]2N. The van der Waals surface area contributed by atoms with Crippen LogP contribution in [0.15, 0.2) is 0 Å². The van der Waals surface area contributed by atoms with Crippen LogP contribution in [0.4, 0.5) is 4.79 Å². The number of carbonyl (C=O) groups is 1. The minimum Gasteiger partial charge on any atom is -0.444 e. The molecule has 0 aromatic heterocycles. The van der Waals surface area contributed by atoms with Crippen LogP contribution in [-0.4, -0.2) is 23.8 Å². The van der Waals surface area contributed by atoms with Crippen LogP contribution < -0.4 is 11.1 Å². The number of amides is 1. The molecule has 2 aliphatic carbocycles. The van der Waals surface area contributed by atoms with Crippen molar-refractivity contribution in [3.63, 3.8) is 0 Å². The number of nitrogens with one attached hydrogen (secondary N) is 1. The van der Waals surface area contributed by atoms with Crippen LogP contribution in [0.5, 0.6) is 0 Å². The van der Waals surface area contributed by atoms with E-state index < -0.39 is 5.60 Å². The van der Waals surface area contributed by atoms with Crippen molar-refractivity contribution < 1.29 is 9.53 Å². The van der Waals surface area contributed by atoms with Crippen LogP contribution in [0, 0.1) is 5.41 Å². The van der Waals surface area contributed by atoms with Crippen LogP contribution >= 0.6 is 0 Å². The van der Waals surface area contributed by atoms with E-state index in [1.165, 1.54) is 6.42 Å². The fraction of sp³-hybridized carbons (Fsp3) is 0.929. The Morgan fingerprint density at radius 2 is 1.89 bits per heavy atom. The maximum absolute atomic E-state index is 11.9. The smallest absolute Gasteiger partial charge is 0.407 e. The van der Waals surface area contributed by atoms with E-state index >= 15 is 0 Å². The highest BCUT2D eigenvalue weighted by Crippen LogP contribution is 2.49. The number of hydrogen-bond acceptors (Lipinski definition) is 3. The van der Waals surface area contributed by atoms with Crippen LogP contribution in [0.3, 0.4) is 0 Å². The van der Waals surface area contributed by atoms with Crippen LogP contribution in [-0.2, 0) is 4.74 Å². The Kier molecular flexibility index (Phi) is 3.58. The zero-order valence-corrected chi connectivity index (χ0v) is 11.8. The summed E-state index contributed by atoms with van der Waals surface area (Å²) in [6.45, 7) is 5.66. The molecule has 104 valence electrons. The van der Waals surface area contributed by atoms with Crippen LogP contribution in [0.25, 0.3) is 0 Å². The van der Waals surface area contributed by atoms with Crippen molar-refractivity contribution in [3.8, 4) is 0 Å². The van der Waals surface area contributed by atoms with Gasteiger partial charge in [-0.15, -0.1) is 0 Å². The van der Waals surface area contributed by atoms with Gasteiger partial charge in [-0.2, -0.15) is 0 Å². The molecule has 0 radical (unpaired) electrons. The highest BCUT2D eigenvalue weighted by atomic mass is 16.6. The second-order valence-electron chi connectivity index (χ2n) is 6.82. The van der Waals surface area contributed by atoms with Crippen molar-refractivity contribution in [2.24, 2.45) is 11.1 Å². The number of ether oxygens (including phenoxy) is 1. The maximum Gasteiger partial charge on any atom is 0.407 e. The molecule has 1 spiro atoms. The van der Waals surface area contributed by atoms with Gasteiger partial charge in [0.1, 0.15) is 5.60 Å². The predicted molar refractivity (Wildman–Crippen MR) is 71.3 cm³/mol. The standard InChI is InChI=1S/C14H26N2O2/c1-13(2,3)18-12(17)16-11-7-5-9-14(11)8-4-6-10(14)15/h10-11H,4-9,15H2,1-3H3,(H,16,17)/t10-,11-,14-/m0/s1. The molecule has 0 aliphatic heterocycles. The van der Waals surface area contributed by atoms with Crippen molar-refractivity contribution in [1.82, 2.24) is 5.32 Å². The average Bonchev–Trinajstić information content (AvgIpc) is 2.75.